The van der Waals surface area contributed by atoms with Gasteiger partial charge in [0, 0.05) is 6.04 Å². The molecular formula is C13H18N4O3S. The molecule has 21 heavy (non-hydrogen) atoms. The molecule has 0 radical (unpaired) electrons. The number of hydrogen-bond donors (Lipinski definition) is 2. The Balaban J connectivity index is 1.68. The van der Waals surface area contributed by atoms with Gasteiger partial charge in [0.25, 0.3) is 0 Å². The van der Waals surface area contributed by atoms with Gasteiger partial charge in [-0.1, -0.05) is 24.2 Å². The average Bonchev–Trinajstić information content (AvgIpc) is 3.07. The summed E-state index contributed by atoms with van der Waals surface area (Å²) in [7, 11) is 0. The van der Waals surface area contributed by atoms with E-state index in [1.807, 2.05) is 4.90 Å². The molecule has 0 spiro atoms. The predicted molar refractivity (Wildman–Crippen MR) is 77.0 cm³/mol. The second-order valence-corrected chi connectivity index (χ2v) is 6.50. The third-order valence-electron chi connectivity index (χ3n) is 4.44. The molecule has 8 heteroatoms. The fourth-order valence-corrected chi connectivity index (χ4v) is 4.04. The Morgan fingerprint density at radius 2 is 2.24 bits per heavy atom. The summed E-state index contributed by atoms with van der Waals surface area (Å²) in [5, 5.41) is 20.0. The van der Waals surface area contributed by atoms with Crippen LogP contribution in [0, 0.1) is 5.92 Å². The van der Waals surface area contributed by atoms with Gasteiger partial charge in [-0.15, -0.1) is 10.2 Å². The van der Waals surface area contributed by atoms with Crippen molar-refractivity contribution in [2.45, 2.75) is 44.2 Å². The maximum atomic E-state index is 12.1. The first-order valence-electron chi connectivity index (χ1n) is 7.19. The van der Waals surface area contributed by atoms with Crippen LogP contribution in [0.4, 0.5) is 5.13 Å². The summed E-state index contributed by atoms with van der Waals surface area (Å²) in [6.45, 7) is 0.109. The van der Waals surface area contributed by atoms with Crippen LogP contribution >= 0.6 is 11.3 Å². The molecular weight excluding hydrogens is 292 g/mol. The van der Waals surface area contributed by atoms with Crippen molar-refractivity contribution < 1.29 is 14.7 Å². The second-order valence-electron chi connectivity index (χ2n) is 5.67. The first-order valence-corrected chi connectivity index (χ1v) is 8.07. The molecule has 0 aromatic carbocycles. The van der Waals surface area contributed by atoms with Crippen molar-refractivity contribution in [3.05, 3.63) is 5.51 Å². The highest BCUT2D eigenvalue weighted by molar-refractivity contribution is 7.13. The number of rotatable bonds is 4. The van der Waals surface area contributed by atoms with Crippen molar-refractivity contribution in [1.29, 1.82) is 0 Å². The molecule has 114 valence electrons. The van der Waals surface area contributed by atoms with Crippen LogP contribution < -0.4 is 5.32 Å². The number of nitrogens with zero attached hydrogens (tertiary/aromatic N) is 3. The van der Waals surface area contributed by atoms with E-state index in [0.717, 1.165) is 19.3 Å². The smallest absolute Gasteiger partial charge is 0.320 e. The molecule has 1 saturated heterocycles. The van der Waals surface area contributed by atoms with Gasteiger partial charge in [-0.3, -0.25) is 19.8 Å². The number of anilines is 1. The van der Waals surface area contributed by atoms with Gasteiger partial charge in [0.1, 0.15) is 11.6 Å². The number of fused-ring (bicyclic) bond motifs is 1. The minimum atomic E-state index is -0.826. The second kappa shape index (κ2) is 6.07. The van der Waals surface area contributed by atoms with Crippen LogP contribution in [0.25, 0.3) is 0 Å². The summed E-state index contributed by atoms with van der Waals surface area (Å²) >= 11 is 1.25. The number of aromatic nitrogens is 2. The summed E-state index contributed by atoms with van der Waals surface area (Å²) in [6, 6.07) is -0.321. The number of aliphatic carboxylic acids is 1. The SMILES string of the molecule is O=C(CN1C(C(=O)O)CC2CCCCC21)Nc1nncs1. The Kier molecular flexibility index (Phi) is 4.16. The Hall–Kier alpha value is -1.54. The summed E-state index contributed by atoms with van der Waals surface area (Å²) in [6.07, 6.45) is 5.00. The molecule has 2 N–H and O–H groups in total. The lowest BCUT2D eigenvalue weighted by atomic mass is 9.85. The van der Waals surface area contributed by atoms with E-state index in [0.29, 0.717) is 17.5 Å². The molecule has 1 aromatic rings. The number of carboxylic acids is 1. The quantitative estimate of drug-likeness (QED) is 0.867. The van der Waals surface area contributed by atoms with Crippen molar-refractivity contribution in [3.63, 3.8) is 0 Å². The first-order chi connectivity index (χ1) is 10.1. The monoisotopic (exact) mass is 310 g/mol. The molecule has 0 bridgehead atoms. The number of carboxylic acid groups (broad SMARTS) is 1. The zero-order valence-electron chi connectivity index (χ0n) is 11.6. The van der Waals surface area contributed by atoms with Crippen LogP contribution in [0.2, 0.25) is 0 Å². The highest BCUT2D eigenvalue weighted by Crippen LogP contribution is 2.39. The molecule has 3 atom stereocenters. The molecule has 1 saturated carbocycles. The average molecular weight is 310 g/mol. The zero-order chi connectivity index (χ0) is 14.8. The molecule has 1 aliphatic heterocycles. The predicted octanol–water partition coefficient (Wildman–Crippen LogP) is 1.19. The fraction of sp³-hybridized carbons (Fsp3) is 0.692. The Labute approximate surface area is 126 Å². The topological polar surface area (TPSA) is 95.4 Å². The van der Waals surface area contributed by atoms with Gasteiger partial charge in [0.15, 0.2) is 0 Å². The molecule has 3 rings (SSSR count). The van der Waals surface area contributed by atoms with Crippen molar-refractivity contribution in [1.82, 2.24) is 15.1 Å². The molecule has 3 unspecified atom stereocenters. The summed E-state index contributed by atoms with van der Waals surface area (Å²) in [5.74, 6) is -0.633. The van der Waals surface area contributed by atoms with E-state index >= 15 is 0 Å². The van der Waals surface area contributed by atoms with Crippen LogP contribution in [0.5, 0.6) is 0 Å². The van der Waals surface area contributed by atoms with E-state index < -0.39 is 12.0 Å². The van der Waals surface area contributed by atoms with Crippen LogP contribution in [0.3, 0.4) is 0 Å². The van der Waals surface area contributed by atoms with Gasteiger partial charge in [0.05, 0.1) is 6.54 Å². The summed E-state index contributed by atoms with van der Waals surface area (Å²) < 4.78 is 0. The minimum absolute atomic E-state index is 0.109. The number of carbonyl (C=O) groups is 2. The molecule has 1 aromatic heterocycles. The van der Waals surface area contributed by atoms with Gasteiger partial charge >= 0.3 is 5.97 Å². The highest BCUT2D eigenvalue weighted by Gasteiger charge is 2.45. The first kappa shape index (κ1) is 14.4. The van der Waals surface area contributed by atoms with Gasteiger partial charge in [-0.2, -0.15) is 0 Å². The van der Waals surface area contributed by atoms with Crippen LogP contribution in [-0.2, 0) is 9.59 Å². The largest absolute Gasteiger partial charge is 0.480 e. The molecule has 2 heterocycles. The van der Waals surface area contributed by atoms with E-state index in [2.05, 4.69) is 15.5 Å². The van der Waals surface area contributed by atoms with Crippen molar-refractivity contribution >= 4 is 28.3 Å². The van der Waals surface area contributed by atoms with E-state index in [1.54, 1.807) is 5.51 Å². The minimum Gasteiger partial charge on any atom is -0.480 e. The molecule has 2 aliphatic rings. The lowest BCUT2D eigenvalue weighted by molar-refractivity contribution is -0.143. The van der Waals surface area contributed by atoms with Gasteiger partial charge in [-0.25, -0.2) is 0 Å². The number of nitrogens with one attached hydrogen (secondary N) is 1. The lowest BCUT2D eigenvalue weighted by Crippen LogP contribution is -2.46. The maximum absolute atomic E-state index is 12.1. The molecule has 7 nitrogen and oxygen atoms in total. The van der Waals surface area contributed by atoms with Crippen molar-refractivity contribution in [2.24, 2.45) is 5.92 Å². The van der Waals surface area contributed by atoms with Crippen LogP contribution in [0.1, 0.15) is 32.1 Å². The van der Waals surface area contributed by atoms with E-state index in [9.17, 15) is 14.7 Å². The fourth-order valence-electron chi connectivity index (χ4n) is 3.58. The van der Waals surface area contributed by atoms with Gasteiger partial charge < -0.3 is 5.11 Å². The third kappa shape index (κ3) is 3.06. The Morgan fingerprint density at radius 1 is 1.43 bits per heavy atom. The molecule has 1 aliphatic carbocycles. The molecule has 1 amide bonds. The Bertz CT molecular complexity index is 521. The highest BCUT2D eigenvalue weighted by atomic mass is 32.1. The lowest BCUT2D eigenvalue weighted by Gasteiger charge is -2.32. The van der Waals surface area contributed by atoms with E-state index in [-0.39, 0.29) is 18.5 Å². The van der Waals surface area contributed by atoms with Gasteiger partial charge in [0.2, 0.25) is 11.0 Å². The van der Waals surface area contributed by atoms with E-state index in [4.69, 9.17) is 0 Å². The number of likely N-dealkylation sites (tertiary alicyclic amines) is 1. The standard InChI is InChI=1S/C13H18N4O3S/c18-11(15-13-16-14-7-21-13)6-17-9-4-2-1-3-8(9)5-10(17)12(19)20/h7-10H,1-6H2,(H,19,20)(H,15,16,18). The van der Waals surface area contributed by atoms with Crippen LogP contribution in [-0.4, -0.2) is 50.7 Å². The summed E-state index contributed by atoms with van der Waals surface area (Å²) in [4.78, 5) is 25.4. The van der Waals surface area contributed by atoms with E-state index in [1.165, 1.54) is 17.8 Å². The molecule has 2 fully saturated rings. The number of amides is 1. The van der Waals surface area contributed by atoms with Crippen molar-refractivity contribution in [2.75, 3.05) is 11.9 Å². The maximum Gasteiger partial charge on any atom is 0.320 e. The number of hydrogen-bond acceptors (Lipinski definition) is 6. The zero-order valence-corrected chi connectivity index (χ0v) is 12.4. The Morgan fingerprint density at radius 3 is 2.95 bits per heavy atom. The van der Waals surface area contributed by atoms with Crippen molar-refractivity contribution in [3.8, 4) is 0 Å². The van der Waals surface area contributed by atoms with Gasteiger partial charge in [-0.05, 0) is 25.2 Å². The van der Waals surface area contributed by atoms with Crippen LogP contribution in [0.15, 0.2) is 5.51 Å². The summed E-state index contributed by atoms with van der Waals surface area (Å²) in [5.41, 5.74) is 1.54. The number of carbonyl (C=O) groups excluding carboxylic acids is 1. The normalized spacial score (nSPS) is 29.0. The third-order valence-corrected chi connectivity index (χ3v) is 5.05.